The zero-order valence-corrected chi connectivity index (χ0v) is 22.2. The minimum atomic E-state index is -0.227. The Labute approximate surface area is 220 Å². The van der Waals surface area contributed by atoms with Crippen molar-refractivity contribution in [3.63, 3.8) is 0 Å². The van der Waals surface area contributed by atoms with Crippen molar-refractivity contribution in [2.24, 2.45) is 0 Å². The summed E-state index contributed by atoms with van der Waals surface area (Å²) >= 11 is 6.76. The monoisotopic (exact) mass is 517 g/mol. The molecule has 0 aliphatic carbocycles. The standard InChI is InChI=1S/C28H27N3O3S2/c1-18-6-5-7-24(19(18)2)29-26(32)17-34-23-14-8-20(9-15-23)16-25-27(33)31(28(35)36-25)22-12-10-21(11-13-22)30(3)4/h5-16H,17H2,1-4H3,(H,29,32)/b25-16-. The number of rotatable bonds is 7. The van der Waals surface area contributed by atoms with Gasteiger partial charge in [-0.2, -0.15) is 0 Å². The van der Waals surface area contributed by atoms with Crippen LogP contribution in [0.4, 0.5) is 17.1 Å². The van der Waals surface area contributed by atoms with E-state index in [0.29, 0.717) is 15.0 Å². The molecule has 0 spiro atoms. The third-order valence-corrected chi connectivity index (χ3v) is 7.15. The van der Waals surface area contributed by atoms with Crippen LogP contribution in [0.5, 0.6) is 5.75 Å². The maximum atomic E-state index is 13.0. The van der Waals surface area contributed by atoms with Crippen LogP contribution in [0.3, 0.4) is 0 Å². The molecule has 1 aliphatic heterocycles. The molecule has 0 bridgehead atoms. The molecule has 3 aromatic rings. The summed E-state index contributed by atoms with van der Waals surface area (Å²) < 4.78 is 6.14. The Morgan fingerprint density at radius 2 is 1.75 bits per heavy atom. The topological polar surface area (TPSA) is 61.9 Å². The van der Waals surface area contributed by atoms with Gasteiger partial charge in [-0.15, -0.1) is 0 Å². The molecule has 0 unspecified atom stereocenters. The summed E-state index contributed by atoms with van der Waals surface area (Å²) in [5.41, 5.74) is 5.56. The maximum absolute atomic E-state index is 13.0. The van der Waals surface area contributed by atoms with E-state index in [1.165, 1.54) is 11.8 Å². The molecule has 1 fully saturated rings. The number of anilines is 3. The van der Waals surface area contributed by atoms with E-state index >= 15 is 0 Å². The quantitative estimate of drug-likeness (QED) is 0.316. The fourth-order valence-corrected chi connectivity index (χ4v) is 4.92. The number of ether oxygens (including phenoxy) is 1. The highest BCUT2D eigenvalue weighted by molar-refractivity contribution is 8.27. The third kappa shape index (κ3) is 5.78. The Hall–Kier alpha value is -3.62. The van der Waals surface area contributed by atoms with Gasteiger partial charge in [0.2, 0.25) is 0 Å². The lowest BCUT2D eigenvalue weighted by Crippen LogP contribution is -2.27. The molecule has 0 aromatic heterocycles. The number of carbonyl (C=O) groups is 2. The van der Waals surface area contributed by atoms with E-state index in [4.69, 9.17) is 17.0 Å². The molecule has 1 heterocycles. The zero-order valence-electron chi connectivity index (χ0n) is 20.6. The summed E-state index contributed by atoms with van der Waals surface area (Å²) in [5, 5.41) is 2.88. The minimum absolute atomic E-state index is 0.0992. The Balaban J connectivity index is 1.37. The van der Waals surface area contributed by atoms with Gasteiger partial charge < -0.3 is 15.0 Å². The lowest BCUT2D eigenvalue weighted by Gasteiger charge is -2.17. The van der Waals surface area contributed by atoms with Crippen molar-refractivity contribution in [2.75, 3.05) is 35.8 Å². The number of aryl methyl sites for hydroxylation is 1. The average molecular weight is 518 g/mol. The second-order valence-corrected chi connectivity index (χ2v) is 10.3. The predicted octanol–water partition coefficient (Wildman–Crippen LogP) is 5.79. The number of hydrogen-bond donors (Lipinski definition) is 1. The number of thioether (sulfide) groups is 1. The molecule has 0 radical (unpaired) electrons. The summed E-state index contributed by atoms with van der Waals surface area (Å²) in [6.45, 7) is 3.88. The number of thiocarbonyl (C=S) groups is 1. The van der Waals surface area contributed by atoms with Crippen molar-refractivity contribution in [2.45, 2.75) is 13.8 Å². The molecule has 2 amide bonds. The predicted molar refractivity (Wildman–Crippen MR) is 153 cm³/mol. The molecule has 3 aromatic carbocycles. The van der Waals surface area contributed by atoms with Crippen LogP contribution in [0.15, 0.2) is 71.6 Å². The SMILES string of the molecule is Cc1cccc(NC(=O)COc2ccc(/C=C3\SC(=S)N(c4ccc(N(C)C)cc4)C3=O)cc2)c1C. The lowest BCUT2D eigenvalue weighted by atomic mass is 10.1. The van der Waals surface area contributed by atoms with E-state index in [1.54, 1.807) is 17.0 Å². The number of benzene rings is 3. The lowest BCUT2D eigenvalue weighted by molar-refractivity contribution is -0.118. The summed E-state index contributed by atoms with van der Waals surface area (Å²) in [6.07, 6.45) is 1.81. The first-order valence-electron chi connectivity index (χ1n) is 11.4. The Bertz CT molecular complexity index is 1330. The van der Waals surface area contributed by atoms with Gasteiger partial charge in [0.1, 0.15) is 5.75 Å². The molecule has 184 valence electrons. The van der Waals surface area contributed by atoms with Gasteiger partial charge in [0.25, 0.3) is 11.8 Å². The zero-order chi connectivity index (χ0) is 25.8. The van der Waals surface area contributed by atoms with Crippen molar-refractivity contribution in [3.05, 3.63) is 88.3 Å². The highest BCUT2D eigenvalue weighted by atomic mass is 32.2. The number of nitrogens with zero attached hydrogens (tertiary/aromatic N) is 2. The molecule has 1 N–H and O–H groups in total. The molecule has 1 saturated heterocycles. The van der Waals surface area contributed by atoms with E-state index in [9.17, 15) is 9.59 Å². The smallest absolute Gasteiger partial charge is 0.270 e. The molecule has 36 heavy (non-hydrogen) atoms. The normalized spacial score (nSPS) is 14.3. The van der Waals surface area contributed by atoms with Crippen LogP contribution in [0, 0.1) is 13.8 Å². The molecule has 1 aliphatic rings. The first-order chi connectivity index (χ1) is 17.2. The average Bonchev–Trinajstić information content (AvgIpc) is 3.14. The second kappa shape index (κ2) is 11.0. The van der Waals surface area contributed by atoms with Crippen molar-refractivity contribution < 1.29 is 14.3 Å². The fourth-order valence-electron chi connectivity index (χ4n) is 3.62. The van der Waals surface area contributed by atoms with Crippen LogP contribution in [-0.4, -0.2) is 36.8 Å². The molecular weight excluding hydrogens is 490 g/mol. The molecule has 0 saturated carbocycles. The number of amides is 2. The first-order valence-corrected chi connectivity index (χ1v) is 12.6. The molecule has 4 rings (SSSR count). The Morgan fingerprint density at radius 1 is 1.06 bits per heavy atom. The summed E-state index contributed by atoms with van der Waals surface area (Å²) in [5.74, 6) is 0.193. The van der Waals surface area contributed by atoms with Crippen LogP contribution in [0.25, 0.3) is 6.08 Å². The van der Waals surface area contributed by atoms with Crippen LogP contribution >= 0.6 is 24.0 Å². The van der Waals surface area contributed by atoms with Crippen molar-refractivity contribution in [1.29, 1.82) is 0 Å². The van der Waals surface area contributed by atoms with Gasteiger partial charge in [0.05, 0.1) is 10.6 Å². The molecule has 8 heteroatoms. The highest BCUT2D eigenvalue weighted by Crippen LogP contribution is 2.36. The largest absolute Gasteiger partial charge is 0.484 e. The maximum Gasteiger partial charge on any atom is 0.270 e. The van der Waals surface area contributed by atoms with Crippen molar-refractivity contribution in [3.8, 4) is 5.75 Å². The van der Waals surface area contributed by atoms with E-state index in [0.717, 1.165) is 33.8 Å². The molecule has 6 nitrogen and oxygen atoms in total. The van der Waals surface area contributed by atoms with Crippen LogP contribution < -0.4 is 19.9 Å². The van der Waals surface area contributed by atoms with Gasteiger partial charge in [-0.25, -0.2) is 0 Å². The minimum Gasteiger partial charge on any atom is -0.484 e. The van der Waals surface area contributed by atoms with Gasteiger partial charge in [-0.1, -0.05) is 48.2 Å². The highest BCUT2D eigenvalue weighted by Gasteiger charge is 2.33. The van der Waals surface area contributed by atoms with Gasteiger partial charge in [0, 0.05) is 25.5 Å². The van der Waals surface area contributed by atoms with Crippen molar-refractivity contribution >= 4 is 63.3 Å². The van der Waals surface area contributed by atoms with Gasteiger partial charge in [-0.3, -0.25) is 14.5 Å². The number of hydrogen-bond acceptors (Lipinski definition) is 6. The van der Waals surface area contributed by atoms with Gasteiger partial charge >= 0.3 is 0 Å². The summed E-state index contributed by atoms with van der Waals surface area (Å²) in [7, 11) is 3.93. The molecule has 0 atom stereocenters. The van der Waals surface area contributed by atoms with Crippen LogP contribution in [0.2, 0.25) is 0 Å². The van der Waals surface area contributed by atoms with E-state index < -0.39 is 0 Å². The van der Waals surface area contributed by atoms with E-state index in [-0.39, 0.29) is 18.4 Å². The Kier molecular flexibility index (Phi) is 7.76. The van der Waals surface area contributed by atoms with Gasteiger partial charge in [-0.05, 0) is 79.1 Å². The fraction of sp³-hybridized carbons (Fsp3) is 0.179. The molecular formula is C28H27N3O3S2. The first kappa shape index (κ1) is 25.5. The van der Waals surface area contributed by atoms with E-state index in [2.05, 4.69) is 5.32 Å². The van der Waals surface area contributed by atoms with Crippen LogP contribution in [0.1, 0.15) is 16.7 Å². The van der Waals surface area contributed by atoms with Gasteiger partial charge in [0.15, 0.2) is 10.9 Å². The van der Waals surface area contributed by atoms with E-state index in [1.807, 2.05) is 93.5 Å². The third-order valence-electron chi connectivity index (χ3n) is 5.84. The van der Waals surface area contributed by atoms with Crippen molar-refractivity contribution in [1.82, 2.24) is 0 Å². The number of nitrogens with one attached hydrogen (secondary N) is 1. The summed E-state index contributed by atoms with van der Waals surface area (Å²) in [4.78, 5) is 29.5. The number of carbonyl (C=O) groups excluding carboxylic acids is 2. The summed E-state index contributed by atoms with van der Waals surface area (Å²) in [6, 6.07) is 20.7. The Morgan fingerprint density at radius 3 is 2.42 bits per heavy atom. The van der Waals surface area contributed by atoms with Crippen LogP contribution in [-0.2, 0) is 9.59 Å². The second-order valence-electron chi connectivity index (χ2n) is 8.58.